The third-order valence-corrected chi connectivity index (χ3v) is 3.67. The zero-order valence-corrected chi connectivity index (χ0v) is 8.94. The molecule has 1 heterocycles. The topological polar surface area (TPSA) is 12.0 Å². The number of nitrogens with one attached hydrogen (secondary N) is 1. The Kier molecular flexibility index (Phi) is 2.89. The minimum atomic E-state index is 0.711. The lowest BCUT2D eigenvalue weighted by atomic mass is 9.86. The lowest BCUT2D eigenvalue weighted by Crippen LogP contribution is -2.29. The first-order valence-electron chi connectivity index (χ1n) is 5.15. The minimum Gasteiger partial charge on any atom is -0.381 e. The maximum Gasteiger partial charge on any atom is 0.0451 e. The first-order valence-corrected chi connectivity index (χ1v) is 6.09. The summed E-state index contributed by atoms with van der Waals surface area (Å²) in [7, 11) is 0. The van der Waals surface area contributed by atoms with Gasteiger partial charge in [-0.2, -0.15) is 11.3 Å². The second-order valence-electron chi connectivity index (χ2n) is 4.02. The molecule has 13 heavy (non-hydrogen) atoms. The highest BCUT2D eigenvalue weighted by atomic mass is 32.1. The van der Waals surface area contributed by atoms with E-state index in [1.54, 1.807) is 11.3 Å². The van der Waals surface area contributed by atoms with Gasteiger partial charge in [-0.25, -0.2) is 0 Å². The average Bonchev–Trinajstić information content (AvgIpc) is 2.61. The molecule has 1 saturated carbocycles. The molecule has 2 unspecified atom stereocenters. The molecule has 1 aliphatic rings. The minimum absolute atomic E-state index is 0.711. The van der Waals surface area contributed by atoms with E-state index in [0.29, 0.717) is 6.04 Å². The average molecular weight is 195 g/mol. The molecule has 0 amide bonds. The van der Waals surface area contributed by atoms with E-state index in [9.17, 15) is 0 Å². The van der Waals surface area contributed by atoms with E-state index >= 15 is 0 Å². The SMILES string of the molecule is CC1CCCCC1Nc1ccsc1. The van der Waals surface area contributed by atoms with Crippen LogP contribution in [0.5, 0.6) is 0 Å². The van der Waals surface area contributed by atoms with Crippen molar-refractivity contribution in [2.45, 2.75) is 38.6 Å². The van der Waals surface area contributed by atoms with Crippen molar-refractivity contribution < 1.29 is 0 Å². The molecule has 2 atom stereocenters. The Morgan fingerprint density at radius 3 is 2.92 bits per heavy atom. The Bertz CT molecular complexity index is 243. The van der Waals surface area contributed by atoms with Gasteiger partial charge in [0.1, 0.15) is 0 Å². The Balaban J connectivity index is 1.93. The first-order chi connectivity index (χ1) is 6.36. The molecule has 1 N–H and O–H groups in total. The molecule has 2 rings (SSSR count). The standard InChI is InChI=1S/C11H17NS/c1-9-4-2-3-5-11(9)12-10-6-7-13-8-10/h6-9,11-12H,2-5H2,1H3. The van der Waals surface area contributed by atoms with E-state index < -0.39 is 0 Å². The fourth-order valence-electron chi connectivity index (χ4n) is 2.09. The maximum absolute atomic E-state index is 3.62. The molecule has 0 spiro atoms. The predicted molar refractivity (Wildman–Crippen MR) is 59.4 cm³/mol. The molecule has 1 nitrogen and oxygen atoms in total. The van der Waals surface area contributed by atoms with E-state index in [1.165, 1.54) is 31.4 Å². The summed E-state index contributed by atoms with van der Waals surface area (Å²) in [5.74, 6) is 0.841. The highest BCUT2D eigenvalue weighted by molar-refractivity contribution is 7.08. The molecule has 0 bridgehead atoms. The molecule has 2 heteroatoms. The van der Waals surface area contributed by atoms with Crippen LogP contribution in [0.2, 0.25) is 0 Å². The maximum atomic E-state index is 3.62. The summed E-state index contributed by atoms with van der Waals surface area (Å²) in [5, 5.41) is 7.95. The Morgan fingerprint density at radius 1 is 1.38 bits per heavy atom. The van der Waals surface area contributed by atoms with Crippen molar-refractivity contribution in [1.82, 2.24) is 0 Å². The van der Waals surface area contributed by atoms with Crippen molar-refractivity contribution in [3.8, 4) is 0 Å². The van der Waals surface area contributed by atoms with E-state index in [1.807, 2.05) is 0 Å². The van der Waals surface area contributed by atoms with Crippen LogP contribution in [0.4, 0.5) is 5.69 Å². The van der Waals surface area contributed by atoms with Crippen LogP contribution < -0.4 is 5.32 Å². The van der Waals surface area contributed by atoms with E-state index in [-0.39, 0.29) is 0 Å². The number of thiophene rings is 1. The third kappa shape index (κ3) is 2.25. The smallest absolute Gasteiger partial charge is 0.0451 e. The van der Waals surface area contributed by atoms with Crippen molar-refractivity contribution in [2.75, 3.05) is 5.32 Å². The van der Waals surface area contributed by atoms with E-state index in [4.69, 9.17) is 0 Å². The van der Waals surface area contributed by atoms with Gasteiger partial charge in [-0.1, -0.05) is 19.8 Å². The molecule has 1 fully saturated rings. The third-order valence-electron chi connectivity index (χ3n) is 2.98. The zero-order valence-electron chi connectivity index (χ0n) is 8.12. The number of hydrogen-bond acceptors (Lipinski definition) is 2. The normalized spacial score (nSPS) is 28.7. The summed E-state index contributed by atoms with van der Waals surface area (Å²) < 4.78 is 0. The van der Waals surface area contributed by atoms with Crippen LogP contribution in [0.3, 0.4) is 0 Å². The molecular formula is C11H17NS. The number of rotatable bonds is 2. The summed E-state index contributed by atoms with van der Waals surface area (Å²) in [6.07, 6.45) is 5.55. The largest absolute Gasteiger partial charge is 0.381 e. The van der Waals surface area contributed by atoms with Gasteiger partial charge in [0.15, 0.2) is 0 Å². The molecule has 1 aliphatic carbocycles. The van der Waals surface area contributed by atoms with Crippen molar-refractivity contribution in [3.63, 3.8) is 0 Å². The van der Waals surface area contributed by atoms with Crippen molar-refractivity contribution in [1.29, 1.82) is 0 Å². The van der Waals surface area contributed by atoms with Crippen LogP contribution in [-0.4, -0.2) is 6.04 Å². The van der Waals surface area contributed by atoms with Crippen LogP contribution >= 0.6 is 11.3 Å². The molecule has 0 saturated heterocycles. The molecule has 72 valence electrons. The van der Waals surface area contributed by atoms with Crippen LogP contribution in [0.1, 0.15) is 32.6 Å². The fourth-order valence-corrected chi connectivity index (χ4v) is 2.69. The van der Waals surface area contributed by atoms with Crippen molar-refractivity contribution in [2.24, 2.45) is 5.92 Å². The summed E-state index contributed by atoms with van der Waals surface area (Å²) >= 11 is 1.77. The summed E-state index contributed by atoms with van der Waals surface area (Å²) in [4.78, 5) is 0. The molecular weight excluding hydrogens is 178 g/mol. The van der Waals surface area contributed by atoms with Gasteiger partial charge in [0.2, 0.25) is 0 Å². The summed E-state index contributed by atoms with van der Waals surface area (Å²) in [5.41, 5.74) is 1.31. The second-order valence-corrected chi connectivity index (χ2v) is 4.80. The first kappa shape index (κ1) is 9.07. The van der Waals surface area contributed by atoms with Gasteiger partial charge in [0.25, 0.3) is 0 Å². The van der Waals surface area contributed by atoms with Gasteiger partial charge in [-0.3, -0.25) is 0 Å². The van der Waals surface area contributed by atoms with Gasteiger partial charge < -0.3 is 5.32 Å². The van der Waals surface area contributed by atoms with Gasteiger partial charge in [0, 0.05) is 17.1 Å². The van der Waals surface area contributed by atoms with Crippen LogP contribution in [0, 0.1) is 5.92 Å². The van der Waals surface area contributed by atoms with E-state index in [2.05, 4.69) is 29.1 Å². The molecule has 0 radical (unpaired) electrons. The molecule has 1 aromatic rings. The summed E-state index contributed by atoms with van der Waals surface area (Å²) in [6, 6.07) is 2.88. The Labute approximate surface area is 84.2 Å². The lowest BCUT2D eigenvalue weighted by Gasteiger charge is -2.29. The summed E-state index contributed by atoms with van der Waals surface area (Å²) in [6.45, 7) is 2.36. The lowest BCUT2D eigenvalue weighted by molar-refractivity contribution is 0.349. The van der Waals surface area contributed by atoms with Crippen LogP contribution in [0.25, 0.3) is 0 Å². The van der Waals surface area contributed by atoms with Crippen molar-refractivity contribution in [3.05, 3.63) is 16.8 Å². The molecule has 1 aromatic heterocycles. The fraction of sp³-hybridized carbons (Fsp3) is 0.636. The Morgan fingerprint density at radius 2 is 2.23 bits per heavy atom. The van der Waals surface area contributed by atoms with Gasteiger partial charge in [0.05, 0.1) is 0 Å². The molecule has 0 aliphatic heterocycles. The van der Waals surface area contributed by atoms with E-state index in [0.717, 1.165) is 5.92 Å². The van der Waals surface area contributed by atoms with Crippen molar-refractivity contribution >= 4 is 17.0 Å². The highest BCUT2D eigenvalue weighted by Crippen LogP contribution is 2.27. The highest BCUT2D eigenvalue weighted by Gasteiger charge is 2.20. The zero-order chi connectivity index (χ0) is 9.10. The number of hydrogen-bond donors (Lipinski definition) is 1. The van der Waals surface area contributed by atoms with Gasteiger partial charge in [-0.05, 0) is 30.2 Å². The van der Waals surface area contributed by atoms with Gasteiger partial charge >= 0.3 is 0 Å². The quantitative estimate of drug-likeness (QED) is 0.758. The predicted octanol–water partition coefficient (Wildman–Crippen LogP) is 3.74. The van der Waals surface area contributed by atoms with Gasteiger partial charge in [-0.15, -0.1) is 0 Å². The van der Waals surface area contributed by atoms with Crippen LogP contribution in [0.15, 0.2) is 16.8 Å². The second kappa shape index (κ2) is 4.14. The van der Waals surface area contributed by atoms with Crippen LogP contribution in [-0.2, 0) is 0 Å². The Hall–Kier alpha value is -0.500. The molecule has 0 aromatic carbocycles. The monoisotopic (exact) mass is 195 g/mol. The number of anilines is 1.